The molecule has 4 rings (SSSR count). The number of hydrogen-bond donors (Lipinski definition) is 1. The van der Waals surface area contributed by atoms with Crippen molar-refractivity contribution in [3.63, 3.8) is 0 Å². The van der Waals surface area contributed by atoms with Crippen LogP contribution in [0.1, 0.15) is 26.0 Å². The number of benzene rings is 1. The molecule has 0 bridgehead atoms. The van der Waals surface area contributed by atoms with Gasteiger partial charge in [-0.2, -0.15) is 18.3 Å². The summed E-state index contributed by atoms with van der Waals surface area (Å²) in [6.07, 6.45) is -2.00. The Morgan fingerprint density at radius 2 is 1.75 bits per heavy atom. The van der Waals surface area contributed by atoms with Gasteiger partial charge in [0.15, 0.2) is 17.3 Å². The van der Waals surface area contributed by atoms with Crippen molar-refractivity contribution in [3.05, 3.63) is 59.4 Å². The van der Waals surface area contributed by atoms with E-state index in [1.165, 1.54) is 44.4 Å². The summed E-state index contributed by atoms with van der Waals surface area (Å²) in [5.74, 6) is -1.36. The Bertz CT molecular complexity index is 1380. The van der Waals surface area contributed by atoms with Gasteiger partial charge >= 0.3 is 6.18 Å². The lowest BCUT2D eigenvalue weighted by Gasteiger charge is -2.34. The number of hydrogen-bond acceptors (Lipinski definition) is 6. The van der Waals surface area contributed by atoms with E-state index in [-0.39, 0.29) is 27.7 Å². The fraction of sp³-hybridized carbons (Fsp3) is 0.273. The highest BCUT2D eigenvalue weighted by Gasteiger charge is 2.44. The lowest BCUT2D eigenvalue weighted by Crippen LogP contribution is -2.44. The molecule has 0 saturated heterocycles. The monoisotopic (exact) mass is 515 g/mol. The van der Waals surface area contributed by atoms with Gasteiger partial charge in [0.25, 0.3) is 0 Å². The largest absolute Gasteiger partial charge is 0.433 e. The molecule has 3 aromatic heterocycles. The summed E-state index contributed by atoms with van der Waals surface area (Å²) in [6, 6.07) is 5.34. The summed E-state index contributed by atoms with van der Waals surface area (Å²) in [5.41, 5.74) is -4.10. The van der Waals surface area contributed by atoms with E-state index >= 15 is 0 Å². The van der Waals surface area contributed by atoms with Crippen molar-refractivity contribution in [2.45, 2.75) is 37.4 Å². The fourth-order valence-electron chi connectivity index (χ4n) is 3.88. The number of rotatable bonds is 6. The van der Waals surface area contributed by atoms with Gasteiger partial charge < -0.3 is 9.63 Å². The molecule has 0 aliphatic rings. The molecule has 0 aliphatic heterocycles. The van der Waals surface area contributed by atoms with E-state index in [2.05, 4.69) is 20.2 Å². The van der Waals surface area contributed by atoms with Gasteiger partial charge in [0, 0.05) is 12.4 Å². The number of aliphatic hydroxyl groups is 1. The van der Waals surface area contributed by atoms with Crippen molar-refractivity contribution < 1.29 is 27.2 Å². The van der Waals surface area contributed by atoms with Crippen LogP contribution < -0.4 is 0 Å². The van der Waals surface area contributed by atoms with E-state index in [1.54, 1.807) is 0 Å². The van der Waals surface area contributed by atoms with E-state index in [0.717, 1.165) is 12.3 Å². The minimum Gasteiger partial charge on any atom is -0.390 e. The van der Waals surface area contributed by atoms with E-state index < -0.39 is 46.4 Å². The SMILES string of the molecule is [B]C([B])(CC(C)(C)O)n1ncc(-c2onc(-c3c(F)cccc3Cl)c2-c2ncccn2)c1C(F)(F)F. The van der Waals surface area contributed by atoms with E-state index in [0.29, 0.717) is 4.68 Å². The van der Waals surface area contributed by atoms with Crippen LogP contribution in [0.2, 0.25) is 5.02 Å². The van der Waals surface area contributed by atoms with Crippen molar-refractivity contribution in [1.82, 2.24) is 24.9 Å². The molecule has 1 N–H and O–H groups in total. The summed E-state index contributed by atoms with van der Waals surface area (Å²) in [7, 11) is 12.0. The Labute approximate surface area is 210 Å². The van der Waals surface area contributed by atoms with Crippen LogP contribution in [-0.2, 0) is 11.5 Å². The Kier molecular flexibility index (Phi) is 6.50. The van der Waals surface area contributed by atoms with Gasteiger partial charge in [-0.05, 0) is 43.8 Å². The fourth-order valence-corrected chi connectivity index (χ4v) is 4.13. The van der Waals surface area contributed by atoms with Crippen LogP contribution >= 0.6 is 11.6 Å². The first-order valence-electron chi connectivity index (χ1n) is 10.4. The van der Waals surface area contributed by atoms with Crippen molar-refractivity contribution in [2.24, 2.45) is 0 Å². The summed E-state index contributed by atoms with van der Waals surface area (Å²) in [6.45, 7) is 2.68. The Morgan fingerprint density at radius 1 is 1.08 bits per heavy atom. The maximum absolute atomic E-state index is 14.8. The van der Waals surface area contributed by atoms with Crippen LogP contribution in [0.4, 0.5) is 17.6 Å². The average molecular weight is 515 g/mol. The van der Waals surface area contributed by atoms with Crippen LogP contribution in [0.5, 0.6) is 0 Å². The first-order valence-corrected chi connectivity index (χ1v) is 10.8. The molecule has 0 saturated carbocycles. The van der Waals surface area contributed by atoms with Crippen molar-refractivity contribution >= 4 is 27.3 Å². The van der Waals surface area contributed by atoms with E-state index in [1.807, 2.05) is 0 Å². The van der Waals surface area contributed by atoms with Crippen LogP contribution in [0.15, 0.2) is 47.4 Å². The summed E-state index contributed by atoms with van der Waals surface area (Å²) in [5, 5.41) is 15.4. The topological polar surface area (TPSA) is 89.9 Å². The molecule has 1 aromatic carbocycles. The van der Waals surface area contributed by atoms with Gasteiger partial charge in [-0.25, -0.2) is 14.4 Å². The molecule has 182 valence electrons. The van der Waals surface area contributed by atoms with Crippen LogP contribution in [0.25, 0.3) is 34.0 Å². The van der Waals surface area contributed by atoms with Gasteiger partial charge in [0.2, 0.25) is 0 Å². The molecule has 14 heteroatoms. The Morgan fingerprint density at radius 3 is 2.33 bits per heavy atom. The van der Waals surface area contributed by atoms with Crippen molar-refractivity contribution in [3.8, 4) is 34.0 Å². The second-order valence-electron chi connectivity index (χ2n) is 8.70. The van der Waals surface area contributed by atoms with Crippen LogP contribution in [-0.4, -0.2) is 51.3 Å². The average Bonchev–Trinajstić information content (AvgIpc) is 3.37. The molecule has 0 spiro atoms. The molecular weight excluding hydrogens is 499 g/mol. The Balaban J connectivity index is 2.02. The van der Waals surface area contributed by atoms with Gasteiger partial charge in [-0.15, -0.1) is 0 Å². The predicted octanol–water partition coefficient (Wildman–Crippen LogP) is 4.58. The lowest BCUT2D eigenvalue weighted by atomic mass is 9.57. The van der Waals surface area contributed by atoms with Crippen LogP contribution in [0, 0.1) is 5.82 Å². The number of nitrogens with zero attached hydrogens (tertiary/aromatic N) is 5. The zero-order valence-corrected chi connectivity index (χ0v) is 19.6. The minimum absolute atomic E-state index is 0.0631. The molecule has 0 aliphatic carbocycles. The molecule has 0 atom stereocenters. The zero-order valence-electron chi connectivity index (χ0n) is 18.9. The van der Waals surface area contributed by atoms with E-state index in [4.69, 9.17) is 31.8 Å². The highest BCUT2D eigenvalue weighted by Crippen LogP contribution is 2.46. The van der Waals surface area contributed by atoms with E-state index in [9.17, 15) is 22.7 Å². The third-order valence-corrected chi connectivity index (χ3v) is 5.39. The summed E-state index contributed by atoms with van der Waals surface area (Å²) >= 11 is 6.19. The summed E-state index contributed by atoms with van der Waals surface area (Å²) < 4.78 is 63.6. The molecule has 4 radical (unpaired) electrons. The number of aromatic nitrogens is 5. The highest BCUT2D eigenvalue weighted by atomic mass is 35.5. The third-order valence-electron chi connectivity index (χ3n) is 5.07. The maximum Gasteiger partial charge on any atom is 0.433 e. The van der Waals surface area contributed by atoms with Crippen molar-refractivity contribution in [1.29, 1.82) is 0 Å². The van der Waals surface area contributed by atoms with Gasteiger partial charge in [0.1, 0.15) is 11.5 Å². The standard InChI is InChI=1S/C22H16B2ClF4N5O2/c1-20(2,35)10-21(23,24)34-18(22(27,28)29)11(9-32-34)17-15(19-30-7-4-8-31-19)16(33-36-17)14-12(25)5-3-6-13(14)26/h3-9,35H,10H2,1-2H3. The maximum atomic E-state index is 14.8. The first kappa shape index (κ1) is 25.9. The minimum atomic E-state index is -5.03. The second-order valence-corrected chi connectivity index (χ2v) is 9.11. The van der Waals surface area contributed by atoms with Gasteiger partial charge in [-0.3, -0.25) is 4.68 Å². The zero-order chi connectivity index (χ0) is 26.5. The van der Waals surface area contributed by atoms with Gasteiger partial charge in [-0.1, -0.05) is 22.8 Å². The lowest BCUT2D eigenvalue weighted by molar-refractivity contribution is -0.144. The molecule has 36 heavy (non-hydrogen) atoms. The first-order chi connectivity index (χ1) is 16.7. The molecular formula is C22H16B2ClF4N5O2. The van der Waals surface area contributed by atoms with Crippen LogP contribution in [0.3, 0.4) is 0 Å². The molecule has 4 aromatic rings. The molecule has 0 fully saturated rings. The van der Waals surface area contributed by atoms with Crippen molar-refractivity contribution in [2.75, 3.05) is 0 Å². The third kappa shape index (κ3) is 4.90. The molecule has 7 nitrogen and oxygen atoms in total. The second kappa shape index (κ2) is 9.04. The normalized spacial score (nSPS) is 12.8. The predicted molar refractivity (Wildman–Crippen MR) is 125 cm³/mol. The molecule has 0 unspecified atom stereocenters. The number of halogens is 5. The number of alkyl halides is 3. The molecule has 0 amide bonds. The molecule has 3 heterocycles. The summed E-state index contributed by atoms with van der Waals surface area (Å²) in [4.78, 5) is 8.16. The quantitative estimate of drug-likeness (QED) is 0.299. The van der Waals surface area contributed by atoms with Gasteiger partial charge in [0.05, 0.1) is 49.2 Å². The highest BCUT2D eigenvalue weighted by molar-refractivity contribution is 6.37. The Hall–Kier alpha value is -3.18. The smallest absolute Gasteiger partial charge is 0.390 e.